The topological polar surface area (TPSA) is 120 Å². The quantitative estimate of drug-likeness (QED) is 0.184. The second-order valence-corrected chi connectivity index (χ2v) is 16.5. The highest BCUT2D eigenvalue weighted by Crippen LogP contribution is 2.57. The number of aliphatic hydroxyl groups excluding tert-OH is 1. The number of piperidine rings is 3. The van der Waals surface area contributed by atoms with Gasteiger partial charge in [0.15, 0.2) is 0 Å². The number of ether oxygens (including phenoxy) is 3. The molecular formula is C43H52N4O6. The van der Waals surface area contributed by atoms with Gasteiger partial charge in [0.2, 0.25) is 0 Å². The fourth-order valence-electron chi connectivity index (χ4n) is 12.1. The number of hydrogen-bond donors (Lipinski definition) is 3. The molecule has 3 N–H and O–H groups in total. The van der Waals surface area contributed by atoms with Crippen molar-refractivity contribution in [3.8, 4) is 5.75 Å². The van der Waals surface area contributed by atoms with Crippen LogP contribution in [0.1, 0.15) is 67.1 Å². The zero-order chi connectivity index (χ0) is 36.9. The molecule has 10 heteroatoms. The molecule has 10 rings (SSSR count). The van der Waals surface area contributed by atoms with Gasteiger partial charge in [-0.2, -0.15) is 0 Å². The number of aromatic amines is 2. The third-order valence-electron chi connectivity index (χ3n) is 14.2. The van der Waals surface area contributed by atoms with Crippen molar-refractivity contribution in [2.75, 3.05) is 48.0 Å². The first kappa shape index (κ1) is 34.6. The van der Waals surface area contributed by atoms with Crippen molar-refractivity contribution in [1.82, 2.24) is 19.8 Å². The van der Waals surface area contributed by atoms with Crippen molar-refractivity contribution >= 4 is 33.7 Å². The lowest BCUT2D eigenvalue weighted by molar-refractivity contribution is -0.166. The van der Waals surface area contributed by atoms with Crippen LogP contribution in [0.4, 0.5) is 0 Å². The minimum absolute atomic E-state index is 0.0271. The molecule has 0 amide bonds. The minimum atomic E-state index is -0.935. The van der Waals surface area contributed by atoms with Gasteiger partial charge in [0.25, 0.3) is 0 Å². The number of aromatic nitrogens is 2. The summed E-state index contributed by atoms with van der Waals surface area (Å²) in [6, 6.07) is 12.5. The van der Waals surface area contributed by atoms with E-state index in [0.717, 1.165) is 77.2 Å². The van der Waals surface area contributed by atoms with Crippen molar-refractivity contribution < 1.29 is 28.9 Å². The fraction of sp³-hybridized carbons (Fsp3) is 0.535. The zero-order valence-corrected chi connectivity index (χ0v) is 31.7. The number of nitrogens with one attached hydrogen (secondary N) is 2. The minimum Gasteiger partial charge on any atom is -0.496 e. The zero-order valence-electron chi connectivity index (χ0n) is 31.7. The molecule has 1 saturated carbocycles. The number of esters is 2. The van der Waals surface area contributed by atoms with Crippen molar-refractivity contribution in [2.45, 2.75) is 75.5 Å². The highest BCUT2D eigenvalue weighted by molar-refractivity contribution is 5.95. The normalized spacial score (nSPS) is 33.5. The van der Waals surface area contributed by atoms with E-state index in [9.17, 15) is 14.7 Å². The number of likely N-dealkylation sites (N-methyl/N-ethyl adjacent to an activating group) is 1. The molecule has 3 saturated heterocycles. The number of fused-ring (bicyclic) bond motifs is 9. The summed E-state index contributed by atoms with van der Waals surface area (Å²) >= 11 is 0. The maximum absolute atomic E-state index is 14.4. The number of aliphatic hydroxyl groups is 1. The molecule has 280 valence electrons. The third-order valence-corrected chi connectivity index (χ3v) is 14.2. The molecule has 10 nitrogen and oxygen atoms in total. The van der Waals surface area contributed by atoms with Crippen LogP contribution in [0.15, 0.2) is 48.0 Å². The molecule has 4 aliphatic heterocycles. The van der Waals surface area contributed by atoms with Crippen LogP contribution in [0, 0.1) is 23.7 Å². The lowest BCUT2D eigenvalue weighted by Gasteiger charge is -2.58. The van der Waals surface area contributed by atoms with Crippen molar-refractivity contribution in [3.63, 3.8) is 0 Å². The summed E-state index contributed by atoms with van der Waals surface area (Å²) in [5.74, 6) is 0.0283. The first-order valence-corrected chi connectivity index (χ1v) is 19.4. The Morgan fingerprint density at radius 2 is 1.85 bits per heavy atom. The van der Waals surface area contributed by atoms with Gasteiger partial charge < -0.3 is 29.3 Å². The summed E-state index contributed by atoms with van der Waals surface area (Å²) < 4.78 is 17.6. The van der Waals surface area contributed by atoms with Crippen molar-refractivity contribution in [3.05, 3.63) is 76.1 Å². The number of benzene rings is 2. The van der Waals surface area contributed by atoms with E-state index < -0.39 is 11.5 Å². The summed E-state index contributed by atoms with van der Waals surface area (Å²) in [5.41, 5.74) is 7.83. The number of methoxy groups -OCH3 is 3. The van der Waals surface area contributed by atoms with E-state index in [1.807, 2.05) is 6.92 Å². The Kier molecular flexibility index (Phi) is 8.33. The number of nitrogens with zero attached hydrogens (tertiary/aromatic N) is 2. The number of rotatable bonds is 5. The predicted octanol–water partition coefficient (Wildman–Crippen LogP) is 5.46. The summed E-state index contributed by atoms with van der Waals surface area (Å²) in [4.78, 5) is 41.0. The van der Waals surface area contributed by atoms with Crippen LogP contribution in [0.5, 0.6) is 5.75 Å². The van der Waals surface area contributed by atoms with Crippen LogP contribution >= 0.6 is 0 Å². The number of carbonyl (C=O) groups is 2. The van der Waals surface area contributed by atoms with E-state index in [-0.39, 0.29) is 53.6 Å². The standard InChI is InChI=1S/C43H52N4O6/c1-7-24-21-46(3)33-18-30-25-10-8-9-11-32(25)44-37(30)31(17-29(24)35(33)41(49)52-5)36-34(51-4)13-12-26-27-14-15-47-20-23-16-28(22(2)48)40(47)43(19-23,42(50)53-6)39(27)45-38(26)36/h7-13,22-23,28-29,31,33,35,40,44-45,48H,14-21H2,1-6H3/b24-7-/t22-,23-,28-,29+,31-,33+,35+,40+,43-/m1/s1. The Morgan fingerprint density at radius 3 is 2.58 bits per heavy atom. The van der Waals surface area contributed by atoms with Crippen molar-refractivity contribution in [1.29, 1.82) is 0 Å². The maximum Gasteiger partial charge on any atom is 0.319 e. The summed E-state index contributed by atoms with van der Waals surface area (Å²) in [6.07, 6.45) is 5.39. The molecule has 6 aliphatic rings. The Balaban J connectivity index is 1.32. The van der Waals surface area contributed by atoms with Gasteiger partial charge >= 0.3 is 11.9 Å². The number of para-hydroxylation sites is 1. The second-order valence-electron chi connectivity index (χ2n) is 16.5. The van der Waals surface area contributed by atoms with Crippen LogP contribution < -0.4 is 4.74 Å². The van der Waals surface area contributed by atoms with Gasteiger partial charge in [-0.3, -0.25) is 19.4 Å². The summed E-state index contributed by atoms with van der Waals surface area (Å²) in [5, 5.41) is 13.4. The van der Waals surface area contributed by atoms with Crippen LogP contribution in [-0.4, -0.2) is 103 Å². The second kappa shape index (κ2) is 12.7. The molecule has 1 unspecified atom stereocenters. The number of carbonyl (C=O) groups excluding carboxylic acids is 2. The molecule has 0 spiro atoms. The largest absolute Gasteiger partial charge is 0.496 e. The predicted molar refractivity (Wildman–Crippen MR) is 203 cm³/mol. The molecule has 2 aromatic heterocycles. The van der Waals surface area contributed by atoms with E-state index in [1.165, 1.54) is 30.7 Å². The average Bonchev–Trinajstić information content (AvgIpc) is 3.70. The number of allylic oxidation sites excluding steroid dienone is 1. The van der Waals surface area contributed by atoms with Crippen LogP contribution in [-0.2, 0) is 37.3 Å². The molecule has 4 fully saturated rings. The van der Waals surface area contributed by atoms with Gasteiger partial charge in [-0.15, -0.1) is 0 Å². The molecule has 6 bridgehead atoms. The Morgan fingerprint density at radius 1 is 1.04 bits per heavy atom. The molecule has 2 aliphatic carbocycles. The number of likely N-dealkylation sites (tertiary alicyclic amines) is 1. The Hall–Kier alpha value is -4.12. The van der Waals surface area contributed by atoms with Crippen LogP contribution in [0.25, 0.3) is 21.8 Å². The monoisotopic (exact) mass is 720 g/mol. The third kappa shape index (κ3) is 4.87. The molecule has 0 radical (unpaired) electrons. The van der Waals surface area contributed by atoms with Gasteiger partial charge in [0.1, 0.15) is 11.2 Å². The van der Waals surface area contributed by atoms with Gasteiger partial charge in [0.05, 0.1) is 38.9 Å². The lowest BCUT2D eigenvalue weighted by atomic mass is 9.56. The van der Waals surface area contributed by atoms with Gasteiger partial charge in [-0.25, -0.2) is 0 Å². The molecule has 53 heavy (non-hydrogen) atoms. The molecular weight excluding hydrogens is 668 g/mol. The lowest BCUT2D eigenvalue weighted by Crippen LogP contribution is -2.68. The van der Waals surface area contributed by atoms with Gasteiger partial charge in [-0.05, 0) is 94.2 Å². The first-order valence-electron chi connectivity index (χ1n) is 19.4. The van der Waals surface area contributed by atoms with E-state index >= 15 is 0 Å². The Labute approximate surface area is 310 Å². The van der Waals surface area contributed by atoms with Gasteiger partial charge in [-0.1, -0.05) is 29.8 Å². The Bertz CT molecular complexity index is 2150. The highest BCUT2D eigenvalue weighted by atomic mass is 16.5. The average molecular weight is 721 g/mol. The van der Waals surface area contributed by atoms with Crippen molar-refractivity contribution in [2.24, 2.45) is 23.7 Å². The highest BCUT2D eigenvalue weighted by Gasteiger charge is 2.64. The molecule has 2 aromatic carbocycles. The van der Waals surface area contributed by atoms with E-state index in [0.29, 0.717) is 19.3 Å². The van der Waals surface area contributed by atoms with E-state index in [4.69, 9.17) is 14.2 Å². The number of H-pyrrole nitrogens is 2. The first-order chi connectivity index (χ1) is 25.6. The van der Waals surface area contributed by atoms with Crippen LogP contribution in [0.2, 0.25) is 0 Å². The maximum atomic E-state index is 14.4. The fourth-order valence-corrected chi connectivity index (χ4v) is 12.1. The summed E-state index contributed by atoms with van der Waals surface area (Å²) in [6.45, 7) is 6.48. The van der Waals surface area contributed by atoms with E-state index in [2.05, 4.69) is 76.2 Å². The molecule has 4 aromatic rings. The van der Waals surface area contributed by atoms with Crippen LogP contribution in [0.3, 0.4) is 0 Å². The number of hydrogen-bond acceptors (Lipinski definition) is 8. The van der Waals surface area contributed by atoms with E-state index in [1.54, 1.807) is 7.11 Å². The molecule has 6 heterocycles. The SMILES string of the molecule is C/C=C1/CN(C)[C@H]2Cc3c([nH]c4ccccc34)[C@@H](c3c(OC)ccc4c5c([nH]c34)[C@]3(C(=O)OC)C[C@H]4C[C@H]([C@@H](C)O)[C@@H]3N(CC5)C4)C[C@@H]1[C@@H]2C(=O)OC. The summed E-state index contributed by atoms with van der Waals surface area (Å²) in [7, 11) is 6.87. The smallest absolute Gasteiger partial charge is 0.319 e. The molecule has 10 atom stereocenters. The van der Waals surface area contributed by atoms with Gasteiger partial charge in [0, 0.05) is 76.8 Å².